The average molecular weight is 343 g/mol. The number of nitrogens with one attached hydrogen (secondary N) is 1. The Labute approximate surface area is 140 Å². The Bertz CT molecular complexity index is 588. The molecule has 3 rings (SSSR count). The van der Waals surface area contributed by atoms with Crippen LogP contribution < -0.4 is 10.1 Å². The molecule has 1 fully saturated rings. The van der Waals surface area contributed by atoms with E-state index in [1.165, 1.54) is 6.07 Å². The zero-order chi connectivity index (χ0) is 14.7. The number of thiophene rings is 1. The van der Waals surface area contributed by atoms with Crippen LogP contribution in [0.4, 0.5) is 4.39 Å². The monoisotopic (exact) mass is 342 g/mol. The normalized spacial score (nSPS) is 16.8. The molecule has 22 heavy (non-hydrogen) atoms. The van der Waals surface area contributed by atoms with Gasteiger partial charge in [-0.1, -0.05) is 12.1 Å². The smallest absolute Gasteiger partial charge is 0.132 e. The maximum atomic E-state index is 14.5. The van der Waals surface area contributed by atoms with Crippen LogP contribution in [0, 0.1) is 5.82 Å². The topological polar surface area (TPSA) is 24.5 Å². The van der Waals surface area contributed by atoms with Gasteiger partial charge in [-0.25, -0.2) is 4.39 Å². The van der Waals surface area contributed by atoms with E-state index in [2.05, 4.69) is 16.3 Å². The van der Waals surface area contributed by atoms with Crippen molar-refractivity contribution in [2.24, 2.45) is 0 Å². The molecule has 0 bridgehead atoms. The van der Waals surface area contributed by atoms with Gasteiger partial charge in [0.15, 0.2) is 0 Å². The van der Waals surface area contributed by atoms with Gasteiger partial charge in [0.05, 0.1) is 18.7 Å². The molecule has 0 spiro atoms. The Kier molecular flexibility index (Phi) is 6.20. The molecule has 2 heterocycles. The van der Waals surface area contributed by atoms with Gasteiger partial charge >= 0.3 is 0 Å². The number of halogens is 2. The second kappa shape index (κ2) is 7.92. The minimum absolute atomic E-state index is 0. The van der Waals surface area contributed by atoms with Crippen molar-refractivity contribution in [3.8, 4) is 5.75 Å². The van der Waals surface area contributed by atoms with Crippen molar-refractivity contribution in [1.29, 1.82) is 0 Å². The fourth-order valence-electron chi connectivity index (χ4n) is 2.85. The molecule has 6 heteroatoms. The maximum Gasteiger partial charge on any atom is 0.132 e. The fraction of sp³-hybridized carbons (Fsp3) is 0.375. The van der Waals surface area contributed by atoms with E-state index in [0.29, 0.717) is 11.3 Å². The van der Waals surface area contributed by atoms with E-state index in [1.54, 1.807) is 24.5 Å². The summed E-state index contributed by atoms with van der Waals surface area (Å²) < 4.78 is 19.9. The quantitative estimate of drug-likeness (QED) is 0.922. The molecule has 1 aliphatic heterocycles. The number of hydrogen-bond donors (Lipinski definition) is 1. The van der Waals surface area contributed by atoms with Crippen LogP contribution in [0.5, 0.6) is 5.75 Å². The number of benzene rings is 1. The van der Waals surface area contributed by atoms with Crippen LogP contribution >= 0.6 is 23.7 Å². The van der Waals surface area contributed by atoms with Crippen molar-refractivity contribution in [3.05, 3.63) is 52.0 Å². The summed E-state index contributed by atoms with van der Waals surface area (Å²) >= 11 is 1.66. The van der Waals surface area contributed by atoms with E-state index in [0.717, 1.165) is 31.1 Å². The van der Waals surface area contributed by atoms with Crippen molar-refractivity contribution in [2.75, 3.05) is 33.3 Å². The molecule has 1 N–H and O–H groups in total. The summed E-state index contributed by atoms with van der Waals surface area (Å²) in [6.45, 7) is 3.66. The molecule has 1 aromatic heterocycles. The number of piperazine rings is 1. The molecular weight excluding hydrogens is 323 g/mol. The van der Waals surface area contributed by atoms with Gasteiger partial charge in [-0.15, -0.1) is 23.7 Å². The molecule has 120 valence electrons. The van der Waals surface area contributed by atoms with E-state index in [9.17, 15) is 4.39 Å². The number of hydrogen-bond acceptors (Lipinski definition) is 4. The van der Waals surface area contributed by atoms with Gasteiger partial charge in [0.1, 0.15) is 11.6 Å². The highest BCUT2D eigenvalue weighted by Gasteiger charge is 2.29. The molecule has 1 atom stereocenters. The molecular formula is C16H20ClFN2OS. The highest BCUT2D eigenvalue weighted by atomic mass is 35.5. The Balaban J connectivity index is 0.00000176. The Hall–Kier alpha value is -1.14. The van der Waals surface area contributed by atoms with Crippen LogP contribution in [0.3, 0.4) is 0 Å². The lowest BCUT2D eigenvalue weighted by Gasteiger charge is -2.35. The third-order valence-corrected chi connectivity index (χ3v) is 4.76. The van der Waals surface area contributed by atoms with E-state index < -0.39 is 0 Å². The molecule has 0 amide bonds. The van der Waals surface area contributed by atoms with Crippen LogP contribution in [-0.2, 0) is 0 Å². The van der Waals surface area contributed by atoms with E-state index in [-0.39, 0.29) is 24.3 Å². The molecule has 0 radical (unpaired) electrons. The Morgan fingerprint density at radius 3 is 2.64 bits per heavy atom. The number of ether oxygens (including phenoxy) is 1. The van der Waals surface area contributed by atoms with E-state index >= 15 is 0 Å². The molecule has 3 nitrogen and oxygen atoms in total. The summed E-state index contributed by atoms with van der Waals surface area (Å²) in [6.07, 6.45) is 0. The molecule has 0 unspecified atom stereocenters. The Morgan fingerprint density at radius 2 is 2.00 bits per heavy atom. The van der Waals surface area contributed by atoms with Gasteiger partial charge in [-0.3, -0.25) is 4.90 Å². The van der Waals surface area contributed by atoms with Crippen molar-refractivity contribution in [3.63, 3.8) is 0 Å². The largest absolute Gasteiger partial charge is 0.496 e. The van der Waals surface area contributed by atoms with E-state index in [4.69, 9.17) is 4.74 Å². The maximum absolute atomic E-state index is 14.5. The van der Waals surface area contributed by atoms with Gasteiger partial charge < -0.3 is 10.1 Å². The second-order valence-electron chi connectivity index (χ2n) is 5.06. The van der Waals surface area contributed by atoms with Crippen molar-refractivity contribution >= 4 is 23.7 Å². The molecule has 0 aliphatic carbocycles. The average Bonchev–Trinajstić information content (AvgIpc) is 3.04. The highest BCUT2D eigenvalue weighted by molar-refractivity contribution is 7.10. The standard InChI is InChI=1S/C16H19FN2OS.ClH/c1-20-13-5-2-4-12(17)15(13)16(14-6-3-11-21-14)19-9-7-18-8-10-19;/h2-6,11,16,18H,7-10H2,1H3;1H/t16-;/m1./s1. The lowest BCUT2D eigenvalue weighted by Crippen LogP contribution is -2.45. The molecule has 2 aromatic rings. The van der Waals surface area contributed by atoms with Gasteiger partial charge in [0.2, 0.25) is 0 Å². The SMILES string of the molecule is COc1cccc(F)c1[C@@H](c1cccs1)N1CCNCC1.Cl. The molecule has 1 saturated heterocycles. The lowest BCUT2D eigenvalue weighted by molar-refractivity contribution is 0.194. The first kappa shape index (κ1) is 17.2. The molecule has 0 saturated carbocycles. The second-order valence-corrected chi connectivity index (χ2v) is 6.04. The third kappa shape index (κ3) is 3.43. The van der Waals surface area contributed by atoms with Gasteiger partial charge in [0.25, 0.3) is 0 Å². The van der Waals surface area contributed by atoms with Crippen molar-refractivity contribution < 1.29 is 9.13 Å². The van der Waals surface area contributed by atoms with Crippen LogP contribution in [0.1, 0.15) is 16.5 Å². The first-order valence-electron chi connectivity index (χ1n) is 7.12. The zero-order valence-corrected chi connectivity index (χ0v) is 14.1. The predicted octanol–water partition coefficient (Wildman–Crippen LogP) is 3.31. The number of methoxy groups -OCH3 is 1. The summed E-state index contributed by atoms with van der Waals surface area (Å²) in [5, 5.41) is 5.39. The predicted molar refractivity (Wildman–Crippen MR) is 90.8 cm³/mol. The fourth-order valence-corrected chi connectivity index (χ4v) is 3.72. The van der Waals surface area contributed by atoms with Crippen LogP contribution in [-0.4, -0.2) is 38.2 Å². The molecule has 1 aliphatic rings. The minimum Gasteiger partial charge on any atom is -0.496 e. The van der Waals surface area contributed by atoms with Gasteiger partial charge in [-0.2, -0.15) is 0 Å². The minimum atomic E-state index is -0.203. The summed E-state index contributed by atoms with van der Waals surface area (Å²) in [7, 11) is 1.60. The van der Waals surface area contributed by atoms with E-state index in [1.807, 2.05) is 17.5 Å². The van der Waals surface area contributed by atoms with Crippen LogP contribution in [0.15, 0.2) is 35.7 Å². The van der Waals surface area contributed by atoms with Crippen molar-refractivity contribution in [2.45, 2.75) is 6.04 Å². The summed E-state index contributed by atoms with van der Waals surface area (Å²) in [4.78, 5) is 3.48. The first-order chi connectivity index (χ1) is 10.3. The number of rotatable bonds is 4. The highest BCUT2D eigenvalue weighted by Crippen LogP contribution is 2.38. The van der Waals surface area contributed by atoms with Crippen LogP contribution in [0.25, 0.3) is 0 Å². The Morgan fingerprint density at radius 1 is 1.23 bits per heavy atom. The van der Waals surface area contributed by atoms with Crippen LogP contribution in [0.2, 0.25) is 0 Å². The zero-order valence-electron chi connectivity index (χ0n) is 12.4. The summed E-state index contributed by atoms with van der Waals surface area (Å²) in [5.41, 5.74) is 0.643. The summed E-state index contributed by atoms with van der Waals surface area (Å²) in [5.74, 6) is 0.415. The van der Waals surface area contributed by atoms with Crippen molar-refractivity contribution in [1.82, 2.24) is 10.2 Å². The first-order valence-corrected chi connectivity index (χ1v) is 8.00. The van der Waals surface area contributed by atoms with Gasteiger partial charge in [-0.05, 0) is 23.6 Å². The third-order valence-electron chi connectivity index (χ3n) is 3.84. The summed E-state index contributed by atoms with van der Waals surface area (Å²) in [6, 6.07) is 9.05. The lowest BCUT2D eigenvalue weighted by atomic mass is 10.0. The van der Waals surface area contributed by atoms with Gasteiger partial charge in [0, 0.05) is 31.1 Å². The number of nitrogens with zero attached hydrogens (tertiary/aromatic N) is 1. The molecule has 1 aromatic carbocycles.